The molecule has 0 bridgehead atoms. The number of benzene rings is 1. The van der Waals surface area contributed by atoms with E-state index in [1.54, 1.807) is 12.1 Å². The highest BCUT2D eigenvalue weighted by molar-refractivity contribution is 5.70. The first-order valence-corrected chi connectivity index (χ1v) is 3.93. The number of carbonyl (C=O) groups is 1. The Kier molecular flexibility index (Phi) is 2.06. The number of hydrogen-bond donors (Lipinski definition) is 0. The van der Waals surface area contributed by atoms with Gasteiger partial charge in [0.05, 0.1) is 11.9 Å². The Morgan fingerprint density at radius 3 is 2.57 bits per heavy atom. The van der Waals surface area contributed by atoms with Gasteiger partial charge in [0.1, 0.15) is 11.5 Å². The smallest absolute Gasteiger partial charge is 0.171 e. The van der Waals surface area contributed by atoms with Crippen LogP contribution in [-0.4, -0.2) is 21.3 Å². The summed E-state index contributed by atoms with van der Waals surface area (Å²) >= 11 is 0. The molecule has 0 saturated heterocycles. The minimum absolute atomic E-state index is 0.245. The molecule has 70 valence electrons. The molecule has 4 nitrogen and oxygen atoms in total. The topological polar surface area (TPSA) is 47.8 Å². The molecular weight excluding hydrogens is 185 g/mol. The predicted molar refractivity (Wildman–Crippen MR) is 46.7 cm³/mol. The molecule has 0 aliphatic rings. The lowest BCUT2D eigenvalue weighted by molar-refractivity contribution is 0.111. The Hall–Kier alpha value is -2.04. The van der Waals surface area contributed by atoms with Crippen molar-refractivity contribution in [2.24, 2.45) is 0 Å². The number of carbonyl (C=O) groups excluding carboxylic acids is 1. The maximum atomic E-state index is 12.6. The number of nitrogens with zero attached hydrogens (tertiary/aromatic N) is 3. The third-order valence-corrected chi connectivity index (χ3v) is 1.72. The van der Waals surface area contributed by atoms with Crippen LogP contribution >= 0.6 is 0 Å². The molecule has 0 aliphatic heterocycles. The summed E-state index contributed by atoms with van der Waals surface area (Å²) in [5.41, 5.74) is 0.904. The van der Waals surface area contributed by atoms with Crippen molar-refractivity contribution in [3.8, 4) is 5.69 Å². The van der Waals surface area contributed by atoms with Crippen LogP contribution in [0.1, 0.15) is 10.5 Å². The van der Waals surface area contributed by atoms with Gasteiger partial charge >= 0.3 is 0 Å². The first kappa shape index (κ1) is 8.55. The van der Waals surface area contributed by atoms with Gasteiger partial charge in [-0.15, -0.1) is 5.10 Å². The monoisotopic (exact) mass is 191 g/mol. The lowest BCUT2D eigenvalue weighted by atomic mass is 10.3. The molecule has 0 saturated carbocycles. The molecule has 0 aliphatic carbocycles. The zero-order valence-corrected chi connectivity index (χ0v) is 7.09. The SMILES string of the molecule is O=Cc1cn(-c2ccc(F)cc2)nn1. The highest BCUT2D eigenvalue weighted by atomic mass is 19.1. The number of halogens is 1. The Balaban J connectivity index is 2.39. The second kappa shape index (κ2) is 3.37. The van der Waals surface area contributed by atoms with Gasteiger partial charge in [-0.2, -0.15) is 0 Å². The highest BCUT2D eigenvalue weighted by Crippen LogP contribution is 2.07. The Morgan fingerprint density at radius 1 is 1.29 bits per heavy atom. The summed E-state index contributed by atoms with van der Waals surface area (Å²) in [7, 11) is 0. The fourth-order valence-corrected chi connectivity index (χ4v) is 1.05. The van der Waals surface area contributed by atoms with Crippen molar-refractivity contribution >= 4 is 6.29 Å². The normalized spacial score (nSPS) is 10.1. The van der Waals surface area contributed by atoms with Gasteiger partial charge in [-0.05, 0) is 24.3 Å². The van der Waals surface area contributed by atoms with Crippen LogP contribution in [0, 0.1) is 5.82 Å². The summed E-state index contributed by atoms with van der Waals surface area (Å²) < 4.78 is 14.0. The first-order chi connectivity index (χ1) is 6.79. The minimum atomic E-state index is -0.315. The zero-order valence-electron chi connectivity index (χ0n) is 7.09. The van der Waals surface area contributed by atoms with Gasteiger partial charge in [0.2, 0.25) is 0 Å². The molecule has 0 unspecified atom stereocenters. The van der Waals surface area contributed by atoms with Gasteiger partial charge in [0, 0.05) is 0 Å². The lowest BCUT2D eigenvalue weighted by Gasteiger charge is -1.97. The van der Waals surface area contributed by atoms with Gasteiger partial charge in [-0.25, -0.2) is 9.07 Å². The summed E-state index contributed by atoms with van der Waals surface area (Å²) in [5, 5.41) is 7.28. The van der Waals surface area contributed by atoms with E-state index in [2.05, 4.69) is 10.3 Å². The summed E-state index contributed by atoms with van der Waals surface area (Å²) in [6, 6.07) is 5.74. The van der Waals surface area contributed by atoms with E-state index >= 15 is 0 Å². The van der Waals surface area contributed by atoms with Crippen LogP contribution in [0.15, 0.2) is 30.5 Å². The molecule has 1 aromatic carbocycles. The largest absolute Gasteiger partial charge is 0.296 e. The molecule has 0 radical (unpaired) electrons. The molecule has 2 rings (SSSR count). The molecule has 14 heavy (non-hydrogen) atoms. The van der Waals surface area contributed by atoms with Crippen LogP contribution in [0.4, 0.5) is 4.39 Å². The summed E-state index contributed by atoms with van der Waals surface area (Å²) in [5.74, 6) is -0.315. The fraction of sp³-hybridized carbons (Fsp3) is 0. The van der Waals surface area contributed by atoms with E-state index in [9.17, 15) is 9.18 Å². The molecule has 0 atom stereocenters. The highest BCUT2D eigenvalue weighted by Gasteiger charge is 2.00. The van der Waals surface area contributed by atoms with Crippen molar-refractivity contribution in [2.75, 3.05) is 0 Å². The van der Waals surface area contributed by atoms with E-state index in [0.29, 0.717) is 12.0 Å². The van der Waals surface area contributed by atoms with Crippen LogP contribution < -0.4 is 0 Å². The molecule has 1 aromatic heterocycles. The van der Waals surface area contributed by atoms with Crippen LogP contribution in [0.3, 0.4) is 0 Å². The quantitative estimate of drug-likeness (QED) is 0.670. The molecule has 5 heteroatoms. The molecule has 0 spiro atoms. The van der Waals surface area contributed by atoms with Crippen LogP contribution in [0.2, 0.25) is 0 Å². The van der Waals surface area contributed by atoms with E-state index in [1.165, 1.54) is 23.0 Å². The summed E-state index contributed by atoms with van der Waals surface area (Å²) in [4.78, 5) is 10.3. The van der Waals surface area contributed by atoms with Crippen LogP contribution in [-0.2, 0) is 0 Å². The van der Waals surface area contributed by atoms with Crippen molar-refractivity contribution in [1.29, 1.82) is 0 Å². The third-order valence-electron chi connectivity index (χ3n) is 1.72. The van der Waals surface area contributed by atoms with Gasteiger partial charge in [-0.3, -0.25) is 4.79 Å². The third kappa shape index (κ3) is 1.52. The van der Waals surface area contributed by atoms with Gasteiger partial charge < -0.3 is 0 Å². The van der Waals surface area contributed by atoms with E-state index in [4.69, 9.17) is 0 Å². The molecule has 1 heterocycles. The number of hydrogen-bond acceptors (Lipinski definition) is 3. The van der Waals surface area contributed by atoms with Crippen molar-refractivity contribution < 1.29 is 9.18 Å². The predicted octanol–water partition coefficient (Wildman–Crippen LogP) is 1.22. The molecular formula is C9H6FN3O. The van der Waals surface area contributed by atoms with Crippen LogP contribution in [0.5, 0.6) is 0 Å². The molecule has 0 N–H and O–H groups in total. The zero-order chi connectivity index (χ0) is 9.97. The number of aromatic nitrogens is 3. The van der Waals surface area contributed by atoms with Crippen LogP contribution in [0.25, 0.3) is 5.69 Å². The van der Waals surface area contributed by atoms with Crippen molar-refractivity contribution in [3.63, 3.8) is 0 Å². The number of aldehydes is 1. The van der Waals surface area contributed by atoms with Gasteiger partial charge in [-0.1, -0.05) is 5.21 Å². The minimum Gasteiger partial charge on any atom is -0.296 e. The van der Waals surface area contributed by atoms with Gasteiger partial charge in [0.15, 0.2) is 6.29 Å². The second-order valence-corrected chi connectivity index (χ2v) is 2.68. The Bertz CT molecular complexity index is 449. The average molecular weight is 191 g/mol. The fourth-order valence-electron chi connectivity index (χ4n) is 1.05. The maximum absolute atomic E-state index is 12.6. The van der Waals surface area contributed by atoms with Crippen molar-refractivity contribution in [2.45, 2.75) is 0 Å². The van der Waals surface area contributed by atoms with Crippen molar-refractivity contribution in [3.05, 3.63) is 42.0 Å². The Labute approximate surface area is 79.0 Å². The molecule has 2 aromatic rings. The lowest BCUT2D eigenvalue weighted by Crippen LogP contribution is -1.94. The first-order valence-electron chi connectivity index (χ1n) is 3.93. The summed E-state index contributed by atoms with van der Waals surface area (Å²) in [6.45, 7) is 0. The summed E-state index contributed by atoms with van der Waals surface area (Å²) in [6.07, 6.45) is 2.08. The molecule has 0 fully saturated rings. The average Bonchev–Trinajstić information content (AvgIpc) is 2.67. The number of rotatable bonds is 2. The van der Waals surface area contributed by atoms with E-state index < -0.39 is 0 Å². The molecule has 0 amide bonds. The van der Waals surface area contributed by atoms with Crippen molar-refractivity contribution in [1.82, 2.24) is 15.0 Å². The Morgan fingerprint density at radius 2 is 2.00 bits per heavy atom. The van der Waals surface area contributed by atoms with E-state index in [1.807, 2.05) is 0 Å². The maximum Gasteiger partial charge on any atom is 0.171 e. The van der Waals surface area contributed by atoms with Gasteiger partial charge in [0.25, 0.3) is 0 Å². The van der Waals surface area contributed by atoms with E-state index in [0.717, 1.165) is 0 Å². The standard InChI is InChI=1S/C9H6FN3O/c10-7-1-3-9(4-2-7)13-5-8(6-14)11-12-13/h1-6H. The second-order valence-electron chi connectivity index (χ2n) is 2.68. The van der Waals surface area contributed by atoms with E-state index in [-0.39, 0.29) is 11.5 Å².